The van der Waals surface area contributed by atoms with E-state index in [4.69, 9.17) is 14.2 Å². The van der Waals surface area contributed by atoms with Crippen LogP contribution in [0, 0.1) is 0 Å². The van der Waals surface area contributed by atoms with Crippen LogP contribution in [0.5, 0.6) is 0 Å². The largest absolute Gasteiger partial charge is 0.462 e. The van der Waals surface area contributed by atoms with Gasteiger partial charge in [-0.2, -0.15) is 0 Å². The highest BCUT2D eigenvalue weighted by Crippen LogP contribution is 2.17. The second kappa shape index (κ2) is 57.2. The number of rotatable bonds is 55. The molecule has 0 aromatic heterocycles. The van der Waals surface area contributed by atoms with E-state index in [-0.39, 0.29) is 31.1 Å². The summed E-state index contributed by atoms with van der Waals surface area (Å²) in [5.41, 5.74) is 0. The Kier molecular flexibility index (Phi) is 55.2. The van der Waals surface area contributed by atoms with Crippen LogP contribution in [0.1, 0.15) is 323 Å². The van der Waals surface area contributed by atoms with E-state index in [2.05, 4.69) is 57.2 Å². The van der Waals surface area contributed by atoms with Crippen LogP contribution in [0.2, 0.25) is 0 Å². The van der Waals surface area contributed by atoms with E-state index in [0.717, 1.165) is 77.0 Å². The molecular weight excluding hydrogens is 841 g/mol. The predicted molar refractivity (Wildman–Crippen MR) is 293 cm³/mol. The Morgan fingerprint density at radius 1 is 0.294 bits per heavy atom. The molecule has 0 amide bonds. The molecule has 0 saturated heterocycles. The van der Waals surface area contributed by atoms with Gasteiger partial charge in [0.15, 0.2) is 6.10 Å². The highest BCUT2D eigenvalue weighted by atomic mass is 16.6. The van der Waals surface area contributed by atoms with Gasteiger partial charge in [0.1, 0.15) is 13.2 Å². The quantitative estimate of drug-likeness (QED) is 0.0262. The summed E-state index contributed by atoms with van der Waals surface area (Å²) in [6, 6.07) is 0. The fourth-order valence-corrected chi connectivity index (χ4v) is 8.82. The third-order valence-corrected chi connectivity index (χ3v) is 13.4. The van der Waals surface area contributed by atoms with E-state index in [1.54, 1.807) is 0 Å². The molecule has 0 aromatic carbocycles. The molecule has 0 bridgehead atoms. The molecule has 398 valence electrons. The highest BCUT2D eigenvalue weighted by molar-refractivity contribution is 5.71. The average molecular weight is 956 g/mol. The minimum atomic E-state index is -0.778. The molecule has 0 aliphatic carbocycles. The van der Waals surface area contributed by atoms with Crippen molar-refractivity contribution in [1.82, 2.24) is 0 Å². The van der Waals surface area contributed by atoms with Gasteiger partial charge in [-0.3, -0.25) is 14.4 Å². The van der Waals surface area contributed by atoms with Gasteiger partial charge >= 0.3 is 17.9 Å². The summed E-state index contributed by atoms with van der Waals surface area (Å²) in [7, 11) is 0. The highest BCUT2D eigenvalue weighted by Gasteiger charge is 2.19. The van der Waals surface area contributed by atoms with E-state index >= 15 is 0 Å². The summed E-state index contributed by atoms with van der Waals surface area (Å²) < 4.78 is 16.9. The van der Waals surface area contributed by atoms with Crippen LogP contribution >= 0.6 is 0 Å². The van der Waals surface area contributed by atoms with Gasteiger partial charge in [-0.1, -0.05) is 263 Å². The van der Waals surface area contributed by atoms with Gasteiger partial charge < -0.3 is 14.2 Å². The lowest BCUT2D eigenvalue weighted by Gasteiger charge is -2.18. The Morgan fingerprint density at radius 2 is 0.529 bits per heavy atom. The van der Waals surface area contributed by atoms with Crippen molar-refractivity contribution in [3.63, 3.8) is 0 Å². The van der Waals surface area contributed by atoms with Gasteiger partial charge in [-0.15, -0.1) is 0 Å². The second-order valence-electron chi connectivity index (χ2n) is 20.3. The lowest BCUT2D eigenvalue weighted by molar-refractivity contribution is -0.167. The molecule has 0 heterocycles. The third-order valence-electron chi connectivity index (χ3n) is 13.4. The minimum Gasteiger partial charge on any atom is -0.462 e. The summed E-state index contributed by atoms with van der Waals surface area (Å²) >= 11 is 0. The van der Waals surface area contributed by atoms with Gasteiger partial charge in [0, 0.05) is 19.3 Å². The maximum Gasteiger partial charge on any atom is 0.306 e. The molecule has 68 heavy (non-hydrogen) atoms. The normalized spacial score (nSPS) is 12.2. The van der Waals surface area contributed by atoms with Crippen LogP contribution in [0.4, 0.5) is 0 Å². The van der Waals surface area contributed by atoms with Gasteiger partial charge in [-0.05, 0) is 77.0 Å². The van der Waals surface area contributed by atoms with Crippen molar-refractivity contribution in [3.8, 4) is 0 Å². The van der Waals surface area contributed by atoms with Crippen LogP contribution in [0.25, 0.3) is 0 Å². The van der Waals surface area contributed by atoms with Crippen molar-refractivity contribution in [3.05, 3.63) is 36.5 Å². The van der Waals surface area contributed by atoms with Crippen molar-refractivity contribution < 1.29 is 28.6 Å². The maximum atomic E-state index is 12.9. The molecule has 0 saturated carbocycles. The zero-order valence-electron chi connectivity index (χ0n) is 45.6. The first-order valence-electron chi connectivity index (χ1n) is 30.0. The number of hydrogen-bond donors (Lipinski definition) is 0. The molecule has 0 N–H and O–H groups in total. The SMILES string of the molecule is CCCCC/C=C\C/C=C\CCCCCCCC(=O)OCC(COC(=O)CCCCCCCCCCCCCCCCCCCC)OC(=O)CCCCCCCCC/C=C\CCCCCCCC. The van der Waals surface area contributed by atoms with Gasteiger partial charge in [0.2, 0.25) is 0 Å². The number of carbonyl (C=O) groups excluding carboxylic acids is 3. The van der Waals surface area contributed by atoms with Crippen LogP contribution in [-0.4, -0.2) is 37.2 Å². The molecule has 1 unspecified atom stereocenters. The summed E-state index contributed by atoms with van der Waals surface area (Å²) in [5.74, 6) is -0.874. The summed E-state index contributed by atoms with van der Waals surface area (Å²) in [4.78, 5) is 38.2. The molecule has 0 fully saturated rings. The molecule has 6 nitrogen and oxygen atoms in total. The molecule has 0 radical (unpaired) electrons. The second-order valence-corrected chi connectivity index (χ2v) is 20.3. The number of esters is 3. The van der Waals surface area contributed by atoms with E-state index < -0.39 is 6.10 Å². The zero-order valence-corrected chi connectivity index (χ0v) is 45.6. The molecular formula is C62H114O6. The molecule has 0 rings (SSSR count). The van der Waals surface area contributed by atoms with Gasteiger partial charge in [-0.25, -0.2) is 0 Å². The Labute approximate surface area is 423 Å². The lowest BCUT2D eigenvalue weighted by atomic mass is 10.0. The van der Waals surface area contributed by atoms with Crippen molar-refractivity contribution in [2.75, 3.05) is 13.2 Å². The lowest BCUT2D eigenvalue weighted by Crippen LogP contribution is -2.30. The third kappa shape index (κ3) is 54.6. The first-order valence-corrected chi connectivity index (χ1v) is 30.0. The Balaban J connectivity index is 4.35. The smallest absolute Gasteiger partial charge is 0.306 e. The molecule has 0 aliphatic rings. The molecule has 0 aliphatic heterocycles. The monoisotopic (exact) mass is 955 g/mol. The standard InChI is InChI=1S/C62H114O6/c1-4-7-10-13-16-19-22-25-28-30-32-34-37-40-43-46-49-52-55-61(64)67-58-59(57-66-60(63)54-51-48-45-42-39-36-33-27-24-21-18-15-12-9-6-3)68-62(65)56-53-50-47-44-41-38-35-31-29-26-23-20-17-14-11-8-5-2/h18,21,26-27,29,33,59H,4-17,19-20,22-25,28,30-32,34-58H2,1-3H3/b21-18-,29-26-,33-27-. The fraction of sp³-hybridized carbons (Fsp3) is 0.855. The molecule has 0 spiro atoms. The summed E-state index contributed by atoms with van der Waals surface area (Å²) in [6.45, 7) is 6.64. The number of carbonyl (C=O) groups is 3. The van der Waals surface area contributed by atoms with Crippen molar-refractivity contribution in [2.45, 2.75) is 329 Å². The topological polar surface area (TPSA) is 78.9 Å². The zero-order chi connectivity index (χ0) is 49.3. The molecule has 6 heteroatoms. The van der Waals surface area contributed by atoms with Crippen LogP contribution in [0.15, 0.2) is 36.5 Å². The van der Waals surface area contributed by atoms with Crippen molar-refractivity contribution >= 4 is 17.9 Å². The van der Waals surface area contributed by atoms with Crippen LogP contribution in [-0.2, 0) is 28.6 Å². The number of hydrogen-bond acceptors (Lipinski definition) is 6. The number of allylic oxidation sites excluding steroid dienone is 6. The van der Waals surface area contributed by atoms with Crippen LogP contribution < -0.4 is 0 Å². The Bertz CT molecular complexity index is 1140. The van der Waals surface area contributed by atoms with Crippen LogP contribution in [0.3, 0.4) is 0 Å². The number of ether oxygens (including phenoxy) is 3. The minimum absolute atomic E-state index is 0.0746. The van der Waals surface area contributed by atoms with E-state index in [1.807, 2.05) is 0 Å². The van der Waals surface area contributed by atoms with E-state index in [1.165, 1.54) is 205 Å². The van der Waals surface area contributed by atoms with Gasteiger partial charge in [0.25, 0.3) is 0 Å². The molecule has 0 aromatic rings. The van der Waals surface area contributed by atoms with Gasteiger partial charge in [0.05, 0.1) is 0 Å². The average Bonchev–Trinajstić information content (AvgIpc) is 3.34. The fourth-order valence-electron chi connectivity index (χ4n) is 8.82. The maximum absolute atomic E-state index is 12.9. The summed E-state index contributed by atoms with van der Waals surface area (Å²) in [6.07, 6.45) is 68.5. The first-order chi connectivity index (χ1) is 33.5. The van der Waals surface area contributed by atoms with E-state index in [0.29, 0.717) is 19.3 Å². The van der Waals surface area contributed by atoms with Crippen molar-refractivity contribution in [1.29, 1.82) is 0 Å². The molecule has 1 atom stereocenters. The Morgan fingerprint density at radius 3 is 0.853 bits per heavy atom. The van der Waals surface area contributed by atoms with E-state index in [9.17, 15) is 14.4 Å². The predicted octanol–water partition coefficient (Wildman–Crippen LogP) is 20.0. The first kappa shape index (κ1) is 65.6. The Hall–Kier alpha value is -2.37. The summed E-state index contributed by atoms with van der Waals surface area (Å²) in [5, 5.41) is 0. The number of unbranched alkanes of at least 4 members (excludes halogenated alkanes) is 38. The van der Waals surface area contributed by atoms with Crippen molar-refractivity contribution in [2.24, 2.45) is 0 Å².